The molecule has 0 saturated carbocycles. The third kappa shape index (κ3) is 3.45. The number of hydrogen-bond acceptors (Lipinski definition) is 6. The normalized spacial score (nSPS) is 16.4. The number of methoxy groups -OCH3 is 2. The lowest BCUT2D eigenvalue weighted by atomic mass is 10.1. The highest BCUT2D eigenvalue weighted by atomic mass is 32.2. The van der Waals surface area contributed by atoms with Gasteiger partial charge in [-0.1, -0.05) is 0 Å². The topological polar surface area (TPSA) is 81.9 Å². The minimum Gasteiger partial charge on any atom is -0.497 e. The standard InChI is InChI=1S/C18H18N2O5S/c1-24-14-7-8-16(25-2)15(11-14)18-19(9-10-26-18)17(21)12-3-5-13(6-4-12)20(22)23/h3-8,11,18H,9-10H2,1-2H3/t18-/m0/s1. The van der Waals surface area contributed by atoms with E-state index in [1.807, 2.05) is 18.2 Å². The Kier molecular flexibility index (Phi) is 5.32. The Hall–Kier alpha value is -2.74. The number of ether oxygens (including phenoxy) is 2. The van der Waals surface area contributed by atoms with Crippen molar-refractivity contribution in [2.75, 3.05) is 26.5 Å². The third-order valence-corrected chi connectivity index (χ3v) is 5.42. The minimum absolute atomic E-state index is 0.0386. The summed E-state index contributed by atoms with van der Waals surface area (Å²) in [4.78, 5) is 25.0. The summed E-state index contributed by atoms with van der Waals surface area (Å²) in [6, 6.07) is 11.2. The lowest BCUT2D eigenvalue weighted by Gasteiger charge is -2.25. The number of thioether (sulfide) groups is 1. The molecule has 136 valence electrons. The first-order valence-corrected chi connectivity index (χ1v) is 8.99. The van der Waals surface area contributed by atoms with E-state index in [-0.39, 0.29) is 17.0 Å². The number of nitrogens with zero attached hydrogens (tertiary/aromatic N) is 2. The van der Waals surface area contributed by atoms with E-state index in [4.69, 9.17) is 9.47 Å². The smallest absolute Gasteiger partial charge is 0.269 e. The fourth-order valence-electron chi connectivity index (χ4n) is 2.86. The zero-order valence-corrected chi connectivity index (χ0v) is 15.2. The number of nitro benzene ring substituents is 1. The fourth-order valence-corrected chi connectivity index (χ4v) is 4.13. The molecule has 2 aromatic carbocycles. The van der Waals surface area contributed by atoms with Crippen molar-refractivity contribution in [3.8, 4) is 11.5 Å². The maximum absolute atomic E-state index is 12.9. The lowest BCUT2D eigenvalue weighted by Crippen LogP contribution is -2.30. The van der Waals surface area contributed by atoms with Gasteiger partial charge in [0.2, 0.25) is 0 Å². The maximum Gasteiger partial charge on any atom is 0.269 e. The SMILES string of the molecule is COc1ccc(OC)c([C@@H]2SCCN2C(=O)c2ccc([N+](=O)[O-])cc2)c1. The third-order valence-electron chi connectivity index (χ3n) is 4.18. The van der Waals surface area contributed by atoms with Gasteiger partial charge in [-0.3, -0.25) is 14.9 Å². The maximum atomic E-state index is 12.9. The molecular weight excluding hydrogens is 356 g/mol. The van der Waals surface area contributed by atoms with E-state index in [0.29, 0.717) is 23.6 Å². The summed E-state index contributed by atoms with van der Waals surface area (Å²) >= 11 is 1.64. The zero-order valence-electron chi connectivity index (χ0n) is 14.4. The van der Waals surface area contributed by atoms with Crippen LogP contribution in [-0.4, -0.2) is 42.2 Å². The summed E-state index contributed by atoms with van der Waals surface area (Å²) in [6.45, 7) is 0.589. The summed E-state index contributed by atoms with van der Waals surface area (Å²) in [7, 11) is 3.18. The fraction of sp³-hybridized carbons (Fsp3) is 0.278. The van der Waals surface area contributed by atoms with Crippen molar-refractivity contribution in [3.63, 3.8) is 0 Å². The average Bonchev–Trinajstić information content (AvgIpc) is 3.16. The lowest BCUT2D eigenvalue weighted by molar-refractivity contribution is -0.384. The Bertz CT molecular complexity index is 825. The molecule has 0 N–H and O–H groups in total. The van der Waals surface area contributed by atoms with Crippen molar-refractivity contribution in [3.05, 3.63) is 63.7 Å². The van der Waals surface area contributed by atoms with Crippen LogP contribution in [0.1, 0.15) is 21.3 Å². The van der Waals surface area contributed by atoms with Crippen LogP contribution >= 0.6 is 11.8 Å². The molecule has 0 bridgehead atoms. The quantitative estimate of drug-likeness (QED) is 0.588. The second-order valence-corrected chi connectivity index (χ2v) is 6.82. The van der Waals surface area contributed by atoms with Crippen LogP contribution < -0.4 is 9.47 Å². The molecule has 2 aromatic rings. The van der Waals surface area contributed by atoms with Gasteiger partial charge >= 0.3 is 0 Å². The van der Waals surface area contributed by atoms with Crippen LogP contribution in [0.2, 0.25) is 0 Å². The van der Waals surface area contributed by atoms with Gasteiger partial charge in [-0.25, -0.2) is 0 Å². The number of carbonyl (C=O) groups is 1. The van der Waals surface area contributed by atoms with Gasteiger partial charge in [0.1, 0.15) is 16.9 Å². The minimum atomic E-state index is -0.482. The first-order valence-electron chi connectivity index (χ1n) is 7.94. The first kappa shape index (κ1) is 18.1. The van der Waals surface area contributed by atoms with Gasteiger partial charge in [-0.05, 0) is 30.3 Å². The monoisotopic (exact) mass is 374 g/mol. The zero-order chi connectivity index (χ0) is 18.7. The number of non-ortho nitro benzene ring substituents is 1. The van der Waals surface area contributed by atoms with E-state index in [1.54, 1.807) is 30.9 Å². The van der Waals surface area contributed by atoms with Crippen LogP contribution in [0.4, 0.5) is 5.69 Å². The van der Waals surface area contributed by atoms with E-state index in [2.05, 4.69) is 0 Å². The molecule has 26 heavy (non-hydrogen) atoms. The second kappa shape index (κ2) is 7.65. The largest absolute Gasteiger partial charge is 0.497 e. The van der Waals surface area contributed by atoms with E-state index in [1.165, 1.54) is 24.3 Å². The highest BCUT2D eigenvalue weighted by molar-refractivity contribution is 7.99. The van der Waals surface area contributed by atoms with Gasteiger partial charge in [-0.2, -0.15) is 0 Å². The van der Waals surface area contributed by atoms with Gasteiger partial charge in [0, 0.05) is 35.6 Å². The number of amides is 1. The number of benzene rings is 2. The molecule has 0 radical (unpaired) electrons. The number of rotatable bonds is 5. The number of hydrogen-bond donors (Lipinski definition) is 0. The first-order chi connectivity index (χ1) is 12.5. The summed E-state index contributed by atoms with van der Waals surface area (Å²) in [5.74, 6) is 2.01. The van der Waals surface area contributed by atoms with Crippen molar-refractivity contribution in [1.29, 1.82) is 0 Å². The molecule has 1 saturated heterocycles. The highest BCUT2D eigenvalue weighted by Crippen LogP contribution is 2.43. The molecule has 1 fully saturated rings. The van der Waals surface area contributed by atoms with Crippen molar-refractivity contribution < 1.29 is 19.2 Å². The van der Waals surface area contributed by atoms with Crippen molar-refractivity contribution >= 4 is 23.4 Å². The second-order valence-electron chi connectivity index (χ2n) is 5.63. The predicted octanol–water partition coefficient (Wildman–Crippen LogP) is 3.50. The van der Waals surface area contributed by atoms with Crippen LogP contribution in [0.25, 0.3) is 0 Å². The van der Waals surface area contributed by atoms with Crippen molar-refractivity contribution in [2.45, 2.75) is 5.37 Å². The molecule has 1 atom stereocenters. The molecular formula is C18H18N2O5S. The van der Waals surface area contributed by atoms with E-state index in [0.717, 1.165) is 11.3 Å². The van der Waals surface area contributed by atoms with Crippen LogP contribution in [0, 0.1) is 10.1 Å². The van der Waals surface area contributed by atoms with E-state index < -0.39 is 4.92 Å². The van der Waals surface area contributed by atoms with Gasteiger partial charge in [0.05, 0.1) is 19.1 Å². The Morgan fingerprint density at radius 3 is 2.54 bits per heavy atom. The molecule has 0 aromatic heterocycles. The van der Waals surface area contributed by atoms with Gasteiger partial charge < -0.3 is 14.4 Å². The molecule has 1 heterocycles. The van der Waals surface area contributed by atoms with Gasteiger partial charge in [0.15, 0.2) is 0 Å². The number of carbonyl (C=O) groups excluding carboxylic acids is 1. The summed E-state index contributed by atoms with van der Waals surface area (Å²) in [5.41, 5.74) is 1.25. The van der Waals surface area contributed by atoms with Crippen LogP contribution in [0.15, 0.2) is 42.5 Å². The van der Waals surface area contributed by atoms with E-state index in [9.17, 15) is 14.9 Å². The predicted molar refractivity (Wildman–Crippen MR) is 98.9 cm³/mol. The van der Waals surface area contributed by atoms with Crippen molar-refractivity contribution in [1.82, 2.24) is 4.90 Å². The highest BCUT2D eigenvalue weighted by Gasteiger charge is 2.33. The average molecular weight is 374 g/mol. The van der Waals surface area contributed by atoms with E-state index >= 15 is 0 Å². The molecule has 1 aliphatic heterocycles. The Morgan fingerprint density at radius 1 is 1.19 bits per heavy atom. The molecule has 0 spiro atoms. The van der Waals surface area contributed by atoms with Gasteiger partial charge in [0.25, 0.3) is 11.6 Å². The Labute approximate surface area is 155 Å². The van der Waals surface area contributed by atoms with Crippen molar-refractivity contribution in [2.24, 2.45) is 0 Å². The summed E-state index contributed by atoms with van der Waals surface area (Å²) in [5, 5.41) is 10.6. The molecule has 0 unspecified atom stereocenters. The van der Waals surface area contributed by atoms with Crippen LogP contribution in [-0.2, 0) is 0 Å². The molecule has 7 nitrogen and oxygen atoms in total. The molecule has 0 aliphatic carbocycles. The molecule has 1 aliphatic rings. The summed E-state index contributed by atoms with van der Waals surface area (Å²) in [6.07, 6.45) is 0. The Balaban J connectivity index is 1.90. The molecule has 3 rings (SSSR count). The molecule has 1 amide bonds. The number of nitro groups is 1. The van der Waals surface area contributed by atoms with Crippen LogP contribution in [0.3, 0.4) is 0 Å². The van der Waals surface area contributed by atoms with Gasteiger partial charge in [-0.15, -0.1) is 11.8 Å². The molecule has 8 heteroatoms. The summed E-state index contributed by atoms with van der Waals surface area (Å²) < 4.78 is 10.7. The van der Waals surface area contributed by atoms with Crippen LogP contribution in [0.5, 0.6) is 11.5 Å². The Morgan fingerprint density at radius 2 is 1.92 bits per heavy atom.